The summed E-state index contributed by atoms with van der Waals surface area (Å²) in [6.45, 7) is 6.03. The molecule has 1 N–H and O–H groups in total. The van der Waals surface area contributed by atoms with Crippen LogP contribution in [0.1, 0.15) is 57.1 Å². The summed E-state index contributed by atoms with van der Waals surface area (Å²) in [7, 11) is 0. The Balaban J connectivity index is 2.10. The van der Waals surface area contributed by atoms with Gasteiger partial charge in [0.2, 0.25) is 5.78 Å². The predicted octanol–water partition coefficient (Wildman–Crippen LogP) is 4.21. The molecule has 5 nitrogen and oxygen atoms in total. The average molecular weight is 395 g/mol. The van der Waals surface area contributed by atoms with E-state index in [0.29, 0.717) is 16.8 Å². The number of ketones is 2. The predicted molar refractivity (Wildman–Crippen MR) is 95.3 cm³/mol. The number of hydrogen-bond acceptors (Lipinski definition) is 4. The van der Waals surface area contributed by atoms with Gasteiger partial charge in [-0.2, -0.15) is 13.2 Å². The first kappa shape index (κ1) is 21.4. The molecule has 2 rings (SSSR count). The third-order valence-corrected chi connectivity index (χ3v) is 4.32. The number of halogens is 3. The van der Waals surface area contributed by atoms with Gasteiger partial charge in [-0.15, -0.1) is 0 Å². The molecule has 0 saturated heterocycles. The van der Waals surface area contributed by atoms with Crippen LogP contribution in [0.5, 0.6) is 0 Å². The van der Waals surface area contributed by atoms with Crippen LogP contribution in [0.4, 0.5) is 13.2 Å². The Bertz CT molecular complexity index is 928. The molecule has 1 atom stereocenters. The molecule has 0 radical (unpaired) electrons. The van der Waals surface area contributed by atoms with Crippen LogP contribution in [-0.4, -0.2) is 28.6 Å². The molecule has 0 amide bonds. The number of aromatic nitrogens is 1. The highest BCUT2D eigenvalue weighted by atomic mass is 19.4. The first-order valence-corrected chi connectivity index (χ1v) is 8.51. The van der Waals surface area contributed by atoms with Crippen molar-refractivity contribution in [3.63, 3.8) is 0 Å². The SMILES string of the molecule is CC(=O)c1c(C)[nH]c(C(=O)[C@H](C)OC(=O)Cc2cccc(C(F)(F)F)c2)c1C. The molecule has 1 aromatic carbocycles. The van der Waals surface area contributed by atoms with E-state index in [0.717, 1.165) is 12.1 Å². The molecule has 0 bridgehead atoms. The number of aryl methyl sites for hydroxylation is 1. The smallest absolute Gasteiger partial charge is 0.416 e. The normalized spacial score (nSPS) is 12.5. The zero-order valence-electron chi connectivity index (χ0n) is 15.9. The maximum atomic E-state index is 12.7. The summed E-state index contributed by atoms with van der Waals surface area (Å²) in [5.74, 6) is -1.54. The van der Waals surface area contributed by atoms with Gasteiger partial charge in [0, 0.05) is 11.3 Å². The van der Waals surface area contributed by atoms with Crippen molar-refractivity contribution in [1.29, 1.82) is 0 Å². The summed E-state index contributed by atoms with van der Waals surface area (Å²) in [5, 5.41) is 0. The van der Waals surface area contributed by atoms with Crippen molar-refractivity contribution < 1.29 is 32.3 Å². The number of H-pyrrole nitrogens is 1. The van der Waals surface area contributed by atoms with Crippen molar-refractivity contribution in [2.45, 2.75) is 46.4 Å². The quantitative estimate of drug-likeness (QED) is 0.587. The standard InChI is InChI=1S/C20H20F3NO4/c1-10-17(12(3)25)11(2)24-18(10)19(27)13(4)28-16(26)9-14-6-5-7-15(8-14)20(21,22)23/h5-8,13,24H,9H2,1-4H3/t13-/m0/s1. The van der Waals surface area contributed by atoms with Crippen LogP contribution in [0, 0.1) is 13.8 Å². The first-order chi connectivity index (χ1) is 12.9. The fraction of sp³-hybridized carbons (Fsp3) is 0.350. The van der Waals surface area contributed by atoms with Gasteiger partial charge in [-0.25, -0.2) is 0 Å². The van der Waals surface area contributed by atoms with Gasteiger partial charge in [-0.3, -0.25) is 14.4 Å². The molecule has 1 heterocycles. The van der Waals surface area contributed by atoms with Crippen molar-refractivity contribution in [2.75, 3.05) is 0 Å². The molecular weight excluding hydrogens is 375 g/mol. The van der Waals surface area contributed by atoms with Crippen LogP contribution in [0.2, 0.25) is 0 Å². The second-order valence-electron chi connectivity index (χ2n) is 6.55. The lowest BCUT2D eigenvalue weighted by Crippen LogP contribution is -2.26. The molecule has 2 aromatic rings. The van der Waals surface area contributed by atoms with E-state index in [-0.39, 0.29) is 17.0 Å². The van der Waals surface area contributed by atoms with Crippen LogP contribution < -0.4 is 0 Å². The van der Waals surface area contributed by atoms with Crippen LogP contribution in [-0.2, 0) is 22.1 Å². The number of hydrogen-bond donors (Lipinski definition) is 1. The zero-order chi connectivity index (χ0) is 21.2. The Morgan fingerprint density at radius 1 is 1.18 bits per heavy atom. The monoisotopic (exact) mass is 395 g/mol. The molecule has 150 valence electrons. The summed E-state index contributed by atoms with van der Waals surface area (Å²) in [6.07, 6.45) is -6.07. The van der Waals surface area contributed by atoms with Crippen LogP contribution >= 0.6 is 0 Å². The second kappa shape index (κ2) is 8.00. The van der Waals surface area contributed by atoms with E-state index in [1.165, 1.54) is 26.0 Å². The number of aromatic amines is 1. The van der Waals surface area contributed by atoms with Gasteiger partial charge in [-0.05, 0) is 44.9 Å². The van der Waals surface area contributed by atoms with Gasteiger partial charge in [0.15, 0.2) is 11.9 Å². The third-order valence-electron chi connectivity index (χ3n) is 4.32. The highest BCUT2D eigenvalue weighted by Gasteiger charge is 2.31. The van der Waals surface area contributed by atoms with Gasteiger partial charge in [0.05, 0.1) is 17.7 Å². The van der Waals surface area contributed by atoms with E-state index in [1.54, 1.807) is 13.8 Å². The highest BCUT2D eigenvalue weighted by Crippen LogP contribution is 2.29. The third kappa shape index (κ3) is 4.68. The molecule has 0 saturated carbocycles. The zero-order valence-corrected chi connectivity index (χ0v) is 15.9. The molecule has 0 aliphatic rings. The van der Waals surface area contributed by atoms with E-state index >= 15 is 0 Å². The summed E-state index contributed by atoms with van der Waals surface area (Å²) < 4.78 is 43.3. The van der Waals surface area contributed by atoms with Gasteiger partial charge in [-0.1, -0.05) is 18.2 Å². The molecule has 28 heavy (non-hydrogen) atoms. The molecular formula is C20H20F3NO4. The Kier molecular flexibility index (Phi) is 6.11. The Labute approximate surface area is 159 Å². The fourth-order valence-corrected chi connectivity index (χ4v) is 3.04. The lowest BCUT2D eigenvalue weighted by molar-refractivity contribution is -0.145. The number of carbonyl (C=O) groups excluding carboxylic acids is 3. The minimum atomic E-state index is -4.51. The lowest BCUT2D eigenvalue weighted by atomic mass is 10.0. The number of carbonyl (C=O) groups is 3. The van der Waals surface area contributed by atoms with E-state index in [9.17, 15) is 27.6 Å². The molecule has 0 spiro atoms. The summed E-state index contributed by atoms with van der Waals surface area (Å²) in [4.78, 5) is 39.1. The van der Waals surface area contributed by atoms with Crippen molar-refractivity contribution in [2.24, 2.45) is 0 Å². The largest absolute Gasteiger partial charge is 0.454 e. The maximum absolute atomic E-state index is 12.7. The second-order valence-corrected chi connectivity index (χ2v) is 6.55. The maximum Gasteiger partial charge on any atom is 0.416 e. The first-order valence-electron chi connectivity index (χ1n) is 8.51. The van der Waals surface area contributed by atoms with Crippen molar-refractivity contribution in [3.8, 4) is 0 Å². The Morgan fingerprint density at radius 2 is 1.82 bits per heavy atom. The topological polar surface area (TPSA) is 76.2 Å². The summed E-state index contributed by atoms with van der Waals surface area (Å²) in [5.41, 5.74) is 0.848. The number of rotatable bonds is 6. The van der Waals surface area contributed by atoms with Crippen LogP contribution in [0.25, 0.3) is 0 Å². The number of ether oxygens (including phenoxy) is 1. The van der Waals surface area contributed by atoms with E-state index in [4.69, 9.17) is 4.74 Å². The minimum Gasteiger partial charge on any atom is -0.454 e. The van der Waals surface area contributed by atoms with Crippen LogP contribution in [0.15, 0.2) is 24.3 Å². The van der Waals surface area contributed by atoms with Gasteiger partial charge in [0.1, 0.15) is 0 Å². The van der Waals surface area contributed by atoms with E-state index in [1.807, 2.05) is 0 Å². The molecule has 1 aromatic heterocycles. The average Bonchev–Trinajstić information content (AvgIpc) is 2.87. The Hall–Kier alpha value is -2.90. The lowest BCUT2D eigenvalue weighted by Gasteiger charge is -2.13. The van der Waals surface area contributed by atoms with Crippen LogP contribution in [0.3, 0.4) is 0 Å². The Morgan fingerprint density at radius 3 is 2.36 bits per heavy atom. The molecule has 0 aliphatic carbocycles. The number of nitrogens with one attached hydrogen (secondary N) is 1. The van der Waals surface area contributed by atoms with Gasteiger partial charge in [0.25, 0.3) is 0 Å². The number of benzene rings is 1. The number of Topliss-reactive ketones (excluding diaryl/α,β-unsaturated/α-hetero) is 2. The molecule has 0 unspecified atom stereocenters. The summed E-state index contributed by atoms with van der Waals surface area (Å²) in [6, 6.07) is 4.35. The van der Waals surface area contributed by atoms with E-state index < -0.39 is 36.0 Å². The highest BCUT2D eigenvalue weighted by molar-refractivity contribution is 6.05. The minimum absolute atomic E-state index is 0.130. The van der Waals surface area contributed by atoms with Gasteiger partial charge < -0.3 is 9.72 Å². The molecule has 0 fully saturated rings. The van der Waals surface area contributed by atoms with Crippen molar-refractivity contribution in [3.05, 3.63) is 57.9 Å². The number of esters is 1. The van der Waals surface area contributed by atoms with Crippen molar-refractivity contribution in [1.82, 2.24) is 4.98 Å². The van der Waals surface area contributed by atoms with Gasteiger partial charge >= 0.3 is 12.1 Å². The van der Waals surface area contributed by atoms with E-state index in [2.05, 4.69) is 4.98 Å². The number of alkyl halides is 3. The molecule has 0 aliphatic heterocycles. The fourth-order valence-electron chi connectivity index (χ4n) is 3.04. The van der Waals surface area contributed by atoms with Crippen molar-refractivity contribution >= 4 is 17.5 Å². The molecule has 8 heteroatoms. The summed E-state index contributed by atoms with van der Waals surface area (Å²) >= 11 is 0.